The van der Waals surface area contributed by atoms with E-state index in [0.717, 1.165) is 38.6 Å². The molecule has 1 amide bonds. The van der Waals surface area contributed by atoms with Crippen molar-refractivity contribution in [2.45, 2.75) is 35.9 Å². The first-order valence-corrected chi connectivity index (χ1v) is 9.51. The van der Waals surface area contributed by atoms with E-state index in [1.54, 1.807) is 23.1 Å². The van der Waals surface area contributed by atoms with Crippen molar-refractivity contribution in [3.63, 3.8) is 0 Å². The molecule has 7 heteroatoms. The number of thiazole rings is 1. The summed E-state index contributed by atoms with van der Waals surface area (Å²) in [6.45, 7) is 5.35. The van der Waals surface area contributed by atoms with Gasteiger partial charge in [-0.3, -0.25) is 4.79 Å². The van der Waals surface area contributed by atoms with Crippen LogP contribution < -0.4 is 10.6 Å². The Kier molecular flexibility index (Phi) is 7.10. The van der Waals surface area contributed by atoms with Gasteiger partial charge >= 0.3 is 0 Å². The zero-order valence-electron chi connectivity index (χ0n) is 13.8. The van der Waals surface area contributed by atoms with Gasteiger partial charge in [0, 0.05) is 21.7 Å². The number of aromatic nitrogens is 1. The Morgan fingerprint density at radius 2 is 2.17 bits per heavy atom. The van der Waals surface area contributed by atoms with E-state index in [-0.39, 0.29) is 18.3 Å². The fourth-order valence-electron chi connectivity index (χ4n) is 2.23. The average Bonchev–Trinajstić information content (AvgIpc) is 3.24. The molecule has 0 bridgehead atoms. The zero-order valence-corrected chi connectivity index (χ0v) is 16.2. The summed E-state index contributed by atoms with van der Waals surface area (Å²) in [6, 6.07) is 6.09. The quantitative estimate of drug-likeness (QED) is 0.749. The molecule has 0 atom stereocenters. The van der Waals surface area contributed by atoms with Gasteiger partial charge in [0.15, 0.2) is 4.34 Å². The number of amides is 1. The second kappa shape index (κ2) is 8.85. The van der Waals surface area contributed by atoms with Gasteiger partial charge < -0.3 is 10.6 Å². The highest BCUT2D eigenvalue weighted by molar-refractivity contribution is 8.01. The zero-order chi connectivity index (χ0) is 16.2. The number of carbonyl (C=O) groups excluding carboxylic acids is 1. The van der Waals surface area contributed by atoms with Crippen LogP contribution in [0.1, 0.15) is 24.1 Å². The summed E-state index contributed by atoms with van der Waals surface area (Å²) < 4.78 is 1.04. The highest BCUT2D eigenvalue weighted by atomic mass is 35.5. The third-order valence-corrected chi connectivity index (χ3v) is 5.74. The summed E-state index contributed by atoms with van der Waals surface area (Å²) >= 11 is 3.31. The summed E-state index contributed by atoms with van der Waals surface area (Å²) in [7, 11) is 0. The number of hydrogen-bond acceptors (Lipinski definition) is 5. The summed E-state index contributed by atoms with van der Waals surface area (Å²) in [5.41, 5.74) is 3.00. The van der Waals surface area contributed by atoms with Crippen molar-refractivity contribution >= 4 is 47.1 Å². The van der Waals surface area contributed by atoms with Gasteiger partial charge in [0.1, 0.15) is 0 Å². The molecule has 1 aromatic heterocycles. The first kappa shape index (κ1) is 19.2. The number of nitrogens with one attached hydrogen (secondary N) is 2. The number of nitrogens with zero attached hydrogens (tertiary/aromatic N) is 1. The largest absolute Gasteiger partial charge is 0.325 e. The van der Waals surface area contributed by atoms with E-state index >= 15 is 0 Å². The van der Waals surface area contributed by atoms with E-state index in [1.165, 1.54) is 12.8 Å². The second-order valence-electron chi connectivity index (χ2n) is 5.96. The summed E-state index contributed by atoms with van der Waals surface area (Å²) in [5, 5.41) is 8.24. The molecule has 1 heterocycles. The molecule has 2 aromatic rings. The molecular weight excluding hydrogens is 362 g/mol. The van der Waals surface area contributed by atoms with Gasteiger partial charge in [-0.1, -0.05) is 11.8 Å². The van der Waals surface area contributed by atoms with E-state index < -0.39 is 0 Å². The topological polar surface area (TPSA) is 54.0 Å². The van der Waals surface area contributed by atoms with Gasteiger partial charge in [-0.2, -0.15) is 0 Å². The van der Waals surface area contributed by atoms with Crippen molar-refractivity contribution in [3.8, 4) is 0 Å². The number of halogens is 1. The Morgan fingerprint density at radius 3 is 2.79 bits per heavy atom. The van der Waals surface area contributed by atoms with Gasteiger partial charge in [0.25, 0.3) is 0 Å². The summed E-state index contributed by atoms with van der Waals surface area (Å²) in [5.74, 6) is 0.806. The number of aryl methyl sites for hydroxylation is 2. The standard InChI is InChI=1S/C17H21N3OS2.ClH/c1-11-7-14(23-17-19-12(2)10-22-17)5-6-15(11)20-16(21)9-18-8-13-3-4-13;/h5-7,10,13,18H,3-4,8-9H2,1-2H3,(H,20,21);1H. The fourth-order valence-corrected chi connectivity index (χ4v) is 4.14. The lowest BCUT2D eigenvalue weighted by Gasteiger charge is -2.10. The maximum atomic E-state index is 12.0. The molecule has 4 nitrogen and oxygen atoms in total. The van der Waals surface area contributed by atoms with Gasteiger partial charge in [-0.15, -0.1) is 23.7 Å². The molecule has 130 valence electrons. The molecule has 0 saturated heterocycles. The molecule has 0 spiro atoms. The minimum absolute atomic E-state index is 0. The van der Waals surface area contributed by atoms with E-state index in [2.05, 4.69) is 27.1 Å². The third-order valence-electron chi connectivity index (χ3n) is 3.69. The summed E-state index contributed by atoms with van der Waals surface area (Å²) in [4.78, 5) is 17.6. The van der Waals surface area contributed by atoms with Gasteiger partial charge in [0.05, 0.1) is 6.54 Å². The minimum Gasteiger partial charge on any atom is -0.325 e. The second-order valence-corrected chi connectivity index (χ2v) is 8.13. The molecule has 0 unspecified atom stereocenters. The predicted molar refractivity (Wildman–Crippen MR) is 104 cm³/mol. The van der Waals surface area contributed by atoms with Crippen LogP contribution in [0, 0.1) is 19.8 Å². The van der Waals surface area contributed by atoms with Crippen molar-refractivity contribution < 1.29 is 4.79 Å². The average molecular weight is 384 g/mol. The van der Waals surface area contributed by atoms with Crippen LogP contribution in [0.4, 0.5) is 5.69 Å². The number of rotatable bonds is 7. The predicted octanol–water partition coefficient (Wildman–Crippen LogP) is 4.27. The lowest BCUT2D eigenvalue weighted by molar-refractivity contribution is -0.115. The lowest BCUT2D eigenvalue weighted by atomic mass is 10.2. The first-order chi connectivity index (χ1) is 11.1. The van der Waals surface area contributed by atoms with Crippen LogP contribution in [0.15, 0.2) is 32.8 Å². The smallest absolute Gasteiger partial charge is 0.238 e. The normalized spacial score (nSPS) is 13.4. The number of benzene rings is 1. The van der Waals surface area contributed by atoms with E-state index in [1.807, 2.05) is 26.0 Å². The number of carbonyl (C=O) groups is 1. The van der Waals surface area contributed by atoms with E-state index in [4.69, 9.17) is 0 Å². The molecule has 1 fully saturated rings. The maximum Gasteiger partial charge on any atom is 0.238 e. The fraction of sp³-hybridized carbons (Fsp3) is 0.412. The Labute approximate surface area is 157 Å². The van der Waals surface area contributed by atoms with Crippen molar-refractivity contribution in [3.05, 3.63) is 34.8 Å². The van der Waals surface area contributed by atoms with Crippen LogP contribution in [-0.2, 0) is 4.79 Å². The molecule has 1 saturated carbocycles. The van der Waals surface area contributed by atoms with Crippen molar-refractivity contribution in [1.29, 1.82) is 0 Å². The molecule has 1 aliphatic carbocycles. The highest BCUT2D eigenvalue weighted by Crippen LogP contribution is 2.32. The van der Waals surface area contributed by atoms with Crippen molar-refractivity contribution in [1.82, 2.24) is 10.3 Å². The van der Waals surface area contributed by atoms with Crippen LogP contribution in [-0.4, -0.2) is 24.0 Å². The summed E-state index contributed by atoms with van der Waals surface area (Å²) in [6.07, 6.45) is 2.59. The Morgan fingerprint density at radius 1 is 1.38 bits per heavy atom. The molecule has 0 aliphatic heterocycles. The monoisotopic (exact) mass is 383 g/mol. The molecule has 2 N–H and O–H groups in total. The molecule has 3 rings (SSSR count). The van der Waals surface area contributed by atoms with Crippen LogP contribution in [0.3, 0.4) is 0 Å². The molecule has 1 aliphatic rings. The third kappa shape index (κ3) is 5.77. The van der Waals surface area contributed by atoms with Crippen LogP contribution in [0.2, 0.25) is 0 Å². The maximum absolute atomic E-state index is 12.0. The van der Waals surface area contributed by atoms with E-state index in [0.29, 0.717) is 6.54 Å². The molecule has 1 aromatic carbocycles. The SMILES string of the molecule is Cc1csc(Sc2ccc(NC(=O)CNCC3CC3)c(C)c2)n1.Cl. The Hall–Kier alpha value is -1.08. The number of anilines is 1. The Bertz CT molecular complexity index is 701. The van der Waals surface area contributed by atoms with Crippen LogP contribution in [0.5, 0.6) is 0 Å². The van der Waals surface area contributed by atoms with Crippen molar-refractivity contribution in [2.75, 3.05) is 18.4 Å². The van der Waals surface area contributed by atoms with Crippen LogP contribution in [0.25, 0.3) is 0 Å². The lowest BCUT2D eigenvalue weighted by Crippen LogP contribution is -2.29. The van der Waals surface area contributed by atoms with Gasteiger partial charge in [-0.05, 0) is 62.9 Å². The van der Waals surface area contributed by atoms with Gasteiger partial charge in [0.2, 0.25) is 5.91 Å². The van der Waals surface area contributed by atoms with Gasteiger partial charge in [-0.25, -0.2) is 4.98 Å². The van der Waals surface area contributed by atoms with Crippen molar-refractivity contribution in [2.24, 2.45) is 5.92 Å². The first-order valence-electron chi connectivity index (χ1n) is 7.81. The molecule has 24 heavy (non-hydrogen) atoms. The molecular formula is C17H22ClN3OS2. The Balaban J connectivity index is 0.00000208. The number of hydrogen-bond donors (Lipinski definition) is 2. The minimum atomic E-state index is 0. The van der Waals surface area contributed by atoms with E-state index in [9.17, 15) is 4.79 Å². The highest BCUT2D eigenvalue weighted by Gasteiger charge is 2.20. The van der Waals surface area contributed by atoms with Crippen LogP contribution >= 0.6 is 35.5 Å². The molecule has 0 radical (unpaired) electrons.